The van der Waals surface area contributed by atoms with Gasteiger partial charge in [0.2, 0.25) is 0 Å². The molecule has 1 aliphatic heterocycles. The van der Waals surface area contributed by atoms with E-state index in [4.69, 9.17) is 15.0 Å². The van der Waals surface area contributed by atoms with Crippen LogP contribution >= 0.6 is 0 Å². The molecular weight excluding hydrogens is 390 g/mol. The number of unbranched alkanes of at least 4 members (excludes halogenated alkanes) is 11. The van der Waals surface area contributed by atoms with Crippen LogP contribution < -0.4 is 0 Å². The average Bonchev–Trinajstić information content (AvgIpc) is 2.80. The highest BCUT2D eigenvalue weighted by Crippen LogP contribution is 2.30. The van der Waals surface area contributed by atoms with Crippen molar-refractivity contribution in [2.24, 2.45) is 5.11 Å². The monoisotopic (exact) mass is 431 g/mol. The van der Waals surface area contributed by atoms with Gasteiger partial charge in [-0.25, -0.2) is 0 Å². The van der Waals surface area contributed by atoms with E-state index in [1.165, 1.54) is 64.2 Å². The molecule has 0 spiro atoms. The molecule has 1 fully saturated rings. The van der Waals surface area contributed by atoms with Gasteiger partial charge in [0.25, 0.3) is 0 Å². The minimum absolute atomic E-state index is 0.254. The van der Waals surface area contributed by atoms with Crippen molar-refractivity contribution in [2.45, 2.75) is 115 Å². The second-order valence-electron chi connectivity index (χ2n) is 8.69. The molecule has 31 heavy (non-hydrogen) atoms. The van der Waals surface area contributed by atoms with Crippen LogP contribution in [0.1, 0.15) is 102 Å². The van der Waals surface area contributed by atoms with Gasteiger partial charge in [0, 0.05) is 10.5 Å². The normalized spacial score (nSPS) is 22.1. The van der Waals surface area contributed by atoms with Gasteiger partial charge in [-0.2, -0.15) is 0 Å². The first-order valence-electron chi connectivity index (χ1n) is 12.3. The van der Waals surface area contributed by atoms with E-state index < -0.39 is 24.5 Å². The highest BCUT2D eigenvalue weighted by atomic mass is 16.7. The van der Waals surface area contributed by atoms with Crippen molar-refractivity contribution < 1.29 is 14.6 Å². The summed E-state index contributed by atoms with van der Waals surface area (Å²) in [4.78, 5) is 2.91. The van der Waals surface area contributed by atoms with Crippen LogP contribution in [0.5, 0.6) is 0 Å². The Kier molecular flexibility index (Phi) is 13.3. The molecular formula is C25H41N3O3. The van der Waals surface area contributed by atoms with E-state index in [2.05, 4.69) is 16.9 Å². The predicted molar refractivity (Wildman–Crippen MR) is 125 cm³/mol. The third-order valence-corrected chi connectivity index (χ3v) is 6.08. The summed E-state index contributed by atoms with van der Waals surface area (Å²) in [7, 11) is 0. The Hall–Kier alpha value is -1.59. The van der Waals surface area contributed by atoms with Crippen molar-refractivity contribution >= 4 is 0 Å². The fraction of sp³-hybridized carbons (Fsp3) is 0.760. The van der Waals surface area contributed by atoms with Crippen LogP contribution in [0, 0.1) is 0 Å². The Bertz CT molecular complexity index is 622. The molecule has 0 unspecified atom stereocenters. The van der Waals surface area contributed by atoms with Gasteiger partial charge in [0.1, 0.15) is 0 Å². The van der Waals surface area contributed by atoms with Crippen molar-refractivity contribution in [3.8, 4) is 0 Å². The van der Waals surface area contributed by atoms with Crippen LogP contribution in [0.3, 0.4) is 0 Å². The van der Waals surface area contributed by atoms with Crippen LogP contribution in [0.2, 0.25) is 0 Å². The van der Waals surface area contributed by atoms with E-state index in [1.807, 2.05) is 30.3 Å². The number of hydrogen-bond acceptors (Lipinski definition) is 4. The lowest BCUT2D eigenvalue weighted by Crippen LogP contribution is -2.46. The zero-order chi connectivity index (χ0) is 22.2. The molecule has 0 aromatic heterocycles. The zero-order valence-electron chi connectivity index (χ0n) is 19.2. The molecule has 0 saturated carbocycles. The van der Waals surface area contributed by atoms with Gasteiger partial charge in [0.15, 0.2) is 6.29 Å². The lowest BCUT2D eigenvalue weighted by molar-refractivity contribution is -0.245. The lowest BCUT2D eigenvalue weighted by atomic mass is 9.98. The molecule has 1 N–H and O–H groups in total. The van der Waals surface area contributed by atoms with Crippen LogP contribution in [0.4, 0.5) is 0 Å². The zero-order valence-corrected chi connectivity index (χ0v) is 19.2. The highest BCUT2D eigenvalue weighted by Gasteiger charge is 2.36. The van der Waals surface area contributed by atoms with E-state index in [0.717, 1.165) is 18.4 Å². The first-order chi connectivity index (χ1) is 15.3. The molecule has 174 valence electrons. The van der Waals surface area contributed by atoms with Gasteiger partial charge in [-0.1, -0.05) is 119 Å². The fourth-order valence-electron chi connectivity index (χ4n) is 4.21. The number of rotatable bonds is 16. The SMILES string of the molecule is CCCCCCCCCCCCCC[C@@H](O)[C@H]1O[C@@H](c2ccccc2)OC[C@@H]1N=[N+]=[N-]. The number of nitrogens with zero attached hydrogens (tertiary/aromatic N) is 3. The second kappa shape index (κ2) is 16.1. The molecule has 1 heterocycles. The van der Waals surface area contributed by atoms with Gasteiger partial charge < -0.3 is 14.6 Å². The van der Waals surface area contributed by atoms with Crippen LogP contribution in [0.15, 0.2) is 35.4 Å². The summed E-state index contributed by atoms with van der Waals surface area (Å²) in [5.74, 6) is 0. The summed E-state index contributed by atoms with van der Waals surface area (Å²) in [5.41, 5.74) is 9.76. The summed E-state index contributed by atoms with van der Waals surface area (Å²) in [6.07, 6.45) is 14.4. The molecule has 1 aromatic rings. The quantitative estimate of drug-likeness (QED) is 0.130. The van der Waals surface area contributed by atoms with Gasteiger partial charge in [-0.05, 0) is 12.0 Å². The topological polar surface area (TPSA) is 87.5 Å². The second-order valence-corrected chi connectivity index (χ2v) is 8.69. The minimum Gasteiger partial charge on any atom is -0.390 e. The summed E-state index contributed by atoms with van der Waals surface area (Å²) in [6.45, 7) is 2.51. The Morgan fingerprint density at radius 1 is 0.968 bits per heavy atom. The van der Waals surface area contributed by atoms with Crippen LogP contribution in [0.25, 0.3) is 10.4 Å². The van der Waals surface area contributed by atoms with Gasteiger partial charge in [0.05, 0.1) is 24.9 Å². The lowest BCUT2D eigenvalue weighted by Gasteiger charge is -2.37. The fourth-order valence-corrected chi connectivity index (χ4v) is 4.21. The number of aliphatic hydroxyl groups excluding tert-OH is 1. The van der Waals surface area contributed by atoms with E-state index >= 15 is 0 Å². The van der Waals surface area contributed by atoms with E-state index in [1.54, 1.807) is 0 Å². The van der Waals surface area contributed by atoms with Crippen molar-refractivity contribution in [3.05, 3.63) is 46.3 Å². The van der Waals surface area contributed by atoms with Crippen LogP contribution in [-0.4, -0.2) is 30.0 Å². The smallest absolute Gasteiger partial charge is 0.184 e. The predicted octanol–water partition coefficient (Wildman–Crippen LogP) is 7.23. The molecule has 2 rings (SSSR count). The molecule has 0 amide bonds. The molecule has 6 nitrogen and oxygen atoms in total. The number of benzene rings is 1. The Morgan fingerprint density at radius 2 is 1.55 bits per heavy atom. The average molecular weight is 432 g/mol. The molecule has 1 aromatic carbocycles. The van der Waals surface area contributed by atoms with Crippen LogP contribution in [-0.2, 0) is 9.47 Å². The Morgan fingerprint density at radius 3 is 2.13 bits per heavy atom. The summed E-state index contributed by atoms with van der Waals surface area (Å²) < 4.78 is 11.7. The highest BCUT2D eigenvalue weighted by molar-refractivity contribution is 5.16. The molecule has 1 aliphatic rings. The van der Waals surface area contributed by atoms with Crippen molar-refractivity contribution in [1.82, 2.24) is 0 Å². The summed E-state index contributed by atoms with van der Waals surface area (Å²) in [5, 5.41) is 14.5. The van der Waals surface area contributed by atoms with Gasteiger partial charge in [-0.3, -0.25) is 0 Å². The summed E-state index contributed by atoms with van der Waals surface area (Å²) in [6, 6.07) is 9.17. The molecule has 6 heteroatoms. The molecule has 0 aliphatic carbocycles. The third-order valence-electron chi connectivity index (χ3n) is 6.08. The Labute approximate surface area is 188 Å². The molecule has 1 saturated heterocycles. The van der Waals surface area contributed by atoms with Crippen molar-refractivity contribution in [3.63, 3.8) is 0 Å². The number of azide groups is 1. The van der Waals surface area contributed by atoms with E-state index in [9.17, 15) is 5.11 Å². The largest absolute Gasteiger partial charge is 0.390 e. The van der Waals surface area contributed by atoms with Crippen molar-refractivity contribution in [2.75, 3.05) is 6.61 Å². The number of hydrogen-bond donors (Lipinski definition) is 1. The Balaban J connectivity index is 1.62. The molecule has 4 atom stereocenters. The standard InChI is InChI=1S/C25H41N3O3/c1-2-3-4-5-6-7-8-9-10-11-12-16-19-23(29)24-22(27-28-26)20-30-25(31-24)21-17-14-13-15-18-21/h13-15,17-18,22-25,29H,2-12,16,19-20H2,1H3/t22-,23+,24-,25-/m0/s1. The minimum atomic E-state index is -0.659. The van der Waals surface area contributed by atoms with Gasteiger partial charge >= 0.3 is 0 Å². The maximum absolute atomic E-state index is 10.7. The maximum atomic E-state index is 10.7. The maximum Gasteiger partial charge on any atom is 0.184 e. The summed E-state index contributed by atoms with van der Waals surface area (Å²) >= 11 is 0. The van der Waals surface area contributed by atoms with Gasteiger partial charge in [-0.15, -0.1) is 0 Å². The number of aliphatic hydroxyl groups is 1. The first kappa shape index (κ1) is 25.7. The van der Waals surface area contributed by atoms with E-state index in [-0.39, 0.29) is 6.61 Å². The first-order valence-corrected chi connectivity index (χ1v) is 12.3. The van der Waals surface area contributed by atoms with Crippen molar-refractivity contribution in [1.29, 1.82) is 0 Å². The van der Waals surface area contributed by atoms with E-state index in [0.29, 0.717) is 6.42 Å². The number of ether oxygens (including phenoxy) is 2. The molecule has 0 bridgehead atoms. The third kappa shape index (κ3) is 10.0. The molecule has 0 radical (unpaired) electrons.